The zero-order valence-corrected chi connectivity index (χ0v) is 11.5. The van der Waals surface area contributed by atoms with Crippen LogP contribution in [0.15, 0.2) is 18.2 Å². The van der Waals surface area contributed by atoms with Crippen LogP contribution in [-0.2, 0) is 11.2 Å². The Morgan fingerprint density at radius 1 is 1.44 bits per heavy atom. The third kappa shape index (κ3) is 4.75. The Morgan fingerprint density at radius 2 is 2.11 bits per heavy atom. The van der Waals surface area contributed by atoms with E-state index in [0.29, 0.717) is 13.0 Å². The zero-order chi connectivity index (χ0) is 13.8. The van der Waals surface area contributed by atoms with E-state index in [1.165, 1.54) is 0 Å². The van der Waals surface area contributed by atoms with E-state index >= 15 is 0 Å². The van der Waals surface area contributed by atoms with Crippen LogP contribution < -0.4 is 15.8 Å². The van der Waals surface area contributed by atoms with Gasteiger partial charge in [0, 0.05) is 12.1 Å². The molecule has 0 radical (unpaired) electrons. The molecular formula is C14H22N2O2. The van der Waals surface area contributed by atoms with Crippen molar-refractivity contribution in [3.8, 4) is 5.75 Å². The maximum Gasteiger partial charge on any atom is 0.224 e. The van der Waals surface area contributed by atoms with Gasteiger partial charge in [-0.15, -0.1) is 0 Å². The summed E-state index contributed by atoms with van der Waals surface area (Å²) in [5, 5.41) is 2.82. The molecule has 0 saturated carbocycles. The maximum absolute atomic E-state index is 11.7. The second-order valence-electron chi connectivity index (χ2n) is 5.25. The predicted molar refractivity (Wildman–Crippen MR) is 72.7 cm³/mol. The van der Waals surface area contributed by atoms with Gasteiger partial charge in [0.15, 0.2) is 0 Å². The van der Waals surface area contributed by atoms with Crippen molar-refractivity contribution >= 4 is 5.91 Å². The average molecular weight is 250 g/mol. The molecule has 0 aliphatic heterocycles. The number of aryl methyl sites for hydroxylation is 1. The molecule has 0 spiro atoms. The monoisotopic (exact) mass is 250 g/mol. The number of ether oxygens (including phenoxy) is 1. The van der Waals surface area contributed by atoms with Gasteiger partial charge in [-0.05, 0) is 38.0 Å². The molecule has 4 nitrogen and oxygen atoms in total. The second kappa shape index (κ2) is 5.87. The van der Waals surface area contributed by atoms with Crippen molar-refractivity contribution in [3.63, 3.8) is 0 Å². The number of amides is 1. The van der Waals surface area contributed by atoms with E-state index < -0.39 is 0 Å². The summed E-state index contributed by atoms with van der Waals surface area (Å²) in [6.07, 6.45) is 0.362. The lowest BCUT2D eigenvalue weighted by Gasteiger charge is -2.19. The highest BCUT2D eigenvalue weighted by Crippen LogP contribution is 2.18. The van der Waals surface area contributed by atoms with Crippen molar-refractivity contribution in [2.24, 2.45) is 5.73 Å². The van der Waals surface area contributed by atoms with Gasteiger partial charge in [-0.2, -0.15) is 0 Å². The van der Waals surface area contributed by atoms with Gasteiger partial charge in [0.2, 0.25) is 5.91 Å². The van der Waals surface area contributed by atoms with Gasteiger partial charge in [0.25, 0.3) is 0 Å². The third-order valence-corrected chi connectivity index (χ3v) is 2.57. The number of hydrogen-bond acceptors (Lipinski definition) is 3. The number of nitrogens with one attached hydrogen (secondary N) is 1. The fourth-order valence-electron chi connectivity index (χ4n) is 1.62. The molecule has 0 atom stereocenters. The van der Waals surface area contributed by atoms with Gasteiger partial charge in [-0.25, -0.2) is 0 Å². The quantitative estimate of drug-likeness (QED) is 0.830. The first-order valence-electron chi connectivity index (χ1n) is 6.01. The van der Waals surface area contributed by atoms with Crippen LogP contribution in [0.25, 0.3) is 0 Å². The SMILES string of the molecule is COc1ccc(CC(=O)NCC(C)(C)N)cc1C. The summed E-state index contributed by atoms with van der Waals surface area (Å²) in [5.74, 6) is 0.820. The van der Waals surface area contributed by atoms with Gasteiger partial charge in [-0.3, -0.25) is 4.79 Å². The first kappa shape index (κ1) is 14.5. The molecule has 0 heterocycles. The van der Waals surface area contributed by atoms with Crippen LogP contribution in [0.1, 0.15) is 25.0 Å². The molecule has 3 N–H and O–H groups in total. The first-order valence-corrected chi connectivity index (χ1v) is 6.01. The van der Waals surface area contributed by atoms with Crippen LogP contribution in [0.3, 0.4) is 0 Å². The van der Waals surface area contributed by atoms with Gasteiger partial charge < -0.3 is 15.8 Å². The van der Waals surface area contributed by atoms with E-state index in [0.717, 1.165) is 16.9 Å². The number of hydrogen-bond donors (Lipinski definition) is 2. The predicted octanol–water partition coefficient (Wildman–Crippen LogP) is 1.40. The van der Waals surface area contributed by atoms with E-state index in [1.807, 2.05) is 39.0 Å². The van der Waals surface area contributed by atoms with Crippen molar-refractivity contribution in [1.29, 1.82) is 0 Å². The second-order valence-corrected chi connectivity index (χ2v) is 5.25. The Labute approximate surface area is 109 Å². The van der Waals surface area contributed by atoms with Crippen LogP contribution in [0.4, 0.5) is 0 Å². The van der Waals surface area contributed by atoms with E-state index in [9.17, 15) is 4.79 Å². The van der Waals surface area contributed by atoms with Crippen LogP contribution >= 0.6 is 0 Å². The Balaban J connectivity index is 2.57. The van der Waals surface area contributed by atoms with E-state index in [1.54, 1.807) is 7.11 Å². The van der Waals surface area contributed by atoms with Gasteiger partial charge >= 0.3 is 0 Å². The minimum absolute atomic E-state index is 0.0157. The Morgan fingerprint density at radius 3 is 2.61 bits per heavy atom. The summed E-state index contributed by atoms with van der Waals surface area (Å²) in [7, 11) is 1.64. The van der Waals surface area contributed by atoms with E-state index in [-0.39, 0.29) is 11.4 Å². The Kier molecular flexibility index (Phi) is 4.73. The van der Waals surface area contributed by atoms with E-state index in [2.05, 4.69) is 5.32 Å². The topological polar surface area (TPSA) is 64.3 Å². The van der Waals surface area contributed by atoms with Crippen LogP contribution in [0, 0.1) is 6.92 Å². The standard InChI is InChI=1S/C14H22N2O2/c1-10-7-11(5-6-12(10)18-4)8-13(17)16-9-14(2,3)15/h5-7H,8-9,15H2,1-4H3,(H,16,17). The number of methoxy groups -OCH3 is 1. The maximum atomic E-state index is 11.7. The molecule has 0 saturated heterocycles. The molecule has 0 aliphatic rings. The number of rotatable bonds is 5. The summed E-state index contributed by atoms with van der Waals surface area (Å²) in [5.41, 5.74) is 7.43. The molecule has 0 unspecified atom stereocenters. The van der Waals surface area contributed by atoms with Crippen LogP contribution in [-0.4, -0.2) is 25.1 Å². The number of nitrogens with two attached hydrogens (primary N) is 1. The average Bonchev–Trinajstić information content (AvgIpc) is 2.26. The number of benzene rings is 1. The molecular weight excluding hydrogens is 228 g/mol. The van der Waals surface area contributed by atoms with Crippen LogP contribution in [0.5, 0.6) is 5.75 Å². The molecule has 1 rings (SSSR count). The summed E-state index contributed by atoms with van der Waals surface area (Å²) in [4.78, 5) is 11.7. The lowest BCUT2D eigenvalue weighted by Crippen LogP contribution is -2.45. The fourth-order valence-corrected chi connectivity index (χ4v) is 1.62. The largest absolute Gasteiger partial charge is 0.496 e. The van der Waals surface area contributed by atoms with Crippen molar-refractivity contribution < 1.29 is 9.53 Å². The van der Waals surface area contributed by atoms with Gasteiger partial charge in [0.1, 0.15) is 5.75 Å². The van der Waals surface area contributed by atoms with E-state index in [4.69, 9.17) is 10.5 Å². The first-order chi connectivity index (χ1) is 8.31. The highest BCUT2D eigenvalue weighted by molar-refractivity contribution is 5.78. The lowest BCUT2D eigenvalue weighted by atomic mass is 10.1. The minimum Gasteiger partial charge on any atom is -0.496 e. The molecule has 4 heteroatoms. The van der Waals surface area contributed by atoms with Crippen molar-refractivity contribution in [3.05, 3.63) is 29.3 Å². The van der Waals surface area contributed by atoms with Crippen molar-refractivity contribution in [1.82, 2.24) is 5.32 Å². The molecule has 0 bridgehead atoms. The molecule has 0 fully saturated rings. The molecule has 100 valence electrons. The highest BCUT2D eigenvalue weighted by Gasteiger charge is 2.12. The Bertz CT molecular complexity index is 422. The molecule has 1 aromatic carbocycles. The summed E-state index contributed by atoms with van der Waals surface area (Å²) in [6, 6.07) is 5.75. The minimum atomic E-state index is -0.383. The smallest absolute Gasteiger partial charge is 0.224 e. The molecule has 1 amide bonds. The van der Waals surface area contributed by atoms with Gasteiger partial charge in [0.05, 0.1) is 13.5 Å². The normalized spacial score (nSPS) is 11.2. The molecule has 18 heavy (non-hydrogen) atoms. The summed E-state index contributed by atoms with van der Waals surface area (Å²) in [6.45, 7) is 6.19. The number of carbonyl (C=O) groups excluding carboxylic acids is 1. The highest BCUT2D eigenvalue weighted by atomic mass is 16.5. The van der Waals surface area contributed by atoms with Crippen molar-refractivity contribution in [2.75, 3.05) is 13.7 Å². The lowest BCUT2D eigenvalue weighted by molar-refractivity contribution is -0.120. The van der Waals surface area contributed by atoms with Gasteiger partial charge in [-0.1, -0.05) is 12.1 Å². The summed E-state index contributed by atoms with van der Waals surface area (Å²) < 4.78 is 5.18. The van der Waals surface area contributed by atoms with Crippen molar-refractivity contribution in [2.45, 2.75) is 32.7 Å². The van der Waals surface area contributed by atoms with Crippen LogP contribution in [0.2, 0.25) is 0 Å². The molecule has 0 aliphatic carbocycles. The molecule has 0 aromatic heterocycles. The molecule has 1 aromatic rings. The third-order valence-electron chi connectivity index (χ3n) is 2.57. The number of carbonyl (C=O) groups is 1. The summed E-state index contributed by atoms with van der Waals surface area (Å²) >= 11 is 0. The Hall–Kier alpha value is -1.55. The fraction of sp³-hybridized carbons (Fsp3) is 0.500. The zero-order valence-electron chi connectivity index (χ0n) is 11.5.